The number of esters is 1. The van der Waals surface area contributed by atoms with Crippen molar-refractivity contribution < 1.29 is 19.1 Å². The summed E-state index contributed by atoms with van der Waals surface area (Å²) in [7, 11) is 1.54. The van der Waals surface area contributed by atoms with E-state index in [1.54, 1.807) is 26.2 Å². The van der Waals surface area contributed by atoms with E-state index in [0.717, 1.165) is 8.95 Å². The molecule has 0 aliphatic rings. The van der Waals surface area contributed by atoms with Gasteiger partial charge in [-0.2, -0.15) is 0 Å². The normalized spacial score (nSPS) is 10.3. The molecule has 7 heteroatoms. The summed E-state index contributed by atoms with van der Waals surface area (Å²) in [6, 6.07) is 5.25. The van der Waals surface area contributed by atoms with E-state index >= 15 is 0 Å². The maximum absolute atomic E-state index is 12.5. The molecule has 0 spiro atoms. The molecule has 1 amide bonds. The van der Waals surface area contributed by atoms with Gasteiger partial charge in [0.15, 0.2) is 0 Å². The van der Waals surface area contributed by atoms with E-state index in [9.17, 15) is 9.59 Å². The zero-order chi connectivity index (χ0) is 15.8. The van der Waals surface area contributed by atoms with Gasteiger partial charge in [-0.05, 0) is 25.1 Å². The fourth-order valence-corrected chi connectivity index (χ4v) is 2.97. The Morgan fingerprint density at radius 2 is 1.81 bits per heavy atom. The molecule has 21 heavy (non-hydrogen) atoms. The zero-order valence-electron chi connectivity index (χ0n) is 11.9. The number of amides is 1. The number of benzene rings is 1. The Morgan fingerprint density at radius 1 is 1.19 bits per heavy atom. The third kappa shape index (κ3) is 6.15. The molecule has 0 N–H and O–H groups in total. The third-order valence-electron chi connectivity index (χ3n) is 2.59. The van der Waals surface area contributed by atoms with E-state index in [4.69, 9.17) is 9.47 Å². The highest BCUT2D eigenvalue weighted by molar-refractivity contribution is 9.11. The molecule has 0 aliphatic heterocycles. The van der Waals surface area contributed by atoms with Gasteiger partial charge >= 0.3 is 5.97 Å². The van der Waals surface area contributed by atoms with Crippen molar-refractivity contribution >= 4 is 43.7 Å². The first-order valence-corrected chi connectivity index (χ1v) is 7.96. The van der Waals surface area contributed by atoms with Crippen molar-refractivity contribution in [2.45, 2.75) is 6.92 Å². The minimum absolute atomic E-state index is 0.0971. The highest BCUT2D eigenvalue weighted by Crippen LogP contribution is 2.21. The zero-order valence-corrected chi connectivity index (χ0v) is 15.1. The van der Waals surface area contributed by atoms with Crippen molar-refractivity contribution in [1.82, 2.24) is 4.90 Å². The standard InChI is InChI=1S/C14H17Br2NO4/c1-3-21-13(18)9-17(4-5-20-2)14(19)10-6-11(15)8-12(16)7-10/h6-8H,3-5,9H2,1-2H3. The van der Waals surface area contributed by atoms with E-state index in [-0.39, 0.29) is 19.1 Å². The second-order valence-corrected chi connectivity index (χ2v) is 6.01. The number of carbonyl (C=O) groups excluding carboxylic acids is 2. The lowest BCUT2D eigenvalue weighted by Gasteiger charge is -2.21. The Labute approximate surface area is 140 Å². The van der Waals surface area contributed by atoms with Gasteiger partial charge in [0.25, 0.3) is 5.91 Å². The van der Waals surface area contributed by atoms with E-state index in [1.165, 1.54) is 4.90 Å². The van der Waals surface area contributed by atoms with E-state index in [0.29, 0.717) is 18.7 Å². The Balaban J connectivity index is 2.90. The summed E-state index contributed by atoms with van der Waals surface area (Å²) in [5, 5.41) is 0. The summed E-state index contributed by atoms with van der Waals surface area (Å²) in [5.41, 5.74) is 0.483. The fourth-order valence-electron chi connectivity index (χ4n) is 1.68. The van der Waals surface area contributed by atoms with Gasteiger partial charge in [0, 0.05) is 28.2 Å². The van der Waals surface area contributed by atoms with Crippen LogP contribution < -0.4 is 0 Å². The van der Waals surface area contributed by atoms with Gasteiger partial charge in [-0.15, -0.1) is 0 Å². The number of ether oxygens (including phenoxy) is 2. The summed E-state index contributed by atoms with van der Waals surface area (Å²) < 4.78 is 11.4. The fraction of sp³-hybridized carbons (Fsp3) is 0.429. The van der Waals surface area contributed by atoms with Crippen molar-refractivity contribution in [2.24, 2.45) is 0 Å². The number of carbonyl (C=O) groups is 2. The number of halogens is 2. The monoisotopic (exact) mass is 421 g/mol. The van der Waals surface area contributed by atoms with Crippen molar-refractivity contribution in [3.8, 4) is 0 Å². The average molecular weight is 423 g/mol. The molecular formula is C14H17Br2NO4. The van der Waals surface area contributed by atoms with Crippen molar-refractivity contribution in [3.63, 3.8) is 0 Å². The van der Waals surface area contributed by atoms with Crippen LogP contribution in [-0.2, 0) is 14.3 Å². The Bertz CT molecular complexity index is 487. The highest BCUT2D eigenvalue weighted by Gasteiger charge is 2.20. The molecule has 0 heterocycles. The lowest BCUT2D eigenvalue weighted by atomic mass is 10.2. The molecule has 0 radical (unpaired) electrons. The summed E-state index contributed by atoms with van der Waals surface area (Å²) in [6.45, 7) is 2.58. The van der Waals surface area contributed by atoms with Crippen LogP contribution in [0.4, 0.5) is 0 Å². The summed E-state index contributed by atoms with van der Waals surface area (Å²) in [5.74, 6) is -0.682. The first-order valence-electron chi connectivity index (χ1n) is 6.37. The van der Waals surface area contributed by atoms with E-state index in [2.05, 4.69) is 31.9 Å². The summed E-state index contributed by atoms with van der Waals surface area (Å²) >= 11 is 6.68. The predicted molar refractivity (Wildman–Crippen MR) is 86.3 cm³/mol. The molecule has 116 valence electrons. The number of hydrogen-bond donors (Lipinski definition) is 0. The first-order chi connectivity index (χ1) is 9.97. The second kappa shape index (κ2) is 9.17. The van der Waals surface area contributed by atoms with Crippen LogP contribution in [0.25, 0.3) is 0 Å². The smallest absolute Gasteiger partial charge is 0.325 e. The highest BCUT2D eigenvalue weighted by atomic mass is 79.9. The number of methoxy groups -OCH3 is 1. The molecule has 0 bridgehead atoms. The van der Waals surface area contributed by atoms with Crippen LogP contribution in [0.2, 0.25) is 0 Å². The topological polar surface area (TPSA) is 55.8 Å². The van der Waals surface area contributed by atoms with Crippen LogP contribution >= 0.6 is 31.9 Å². The van der Waals surface area contributed by atoms with Gasteiger partial charge in [0.1, 0.15) is 6.54 Å². The molecule has 1 aromatic carbocycles. The van der Waals surface area contributed by atoms with Crippen LogP contribution in [0.15, 0.2) is 27.1 Å². The largest absolute Gasteiger partial charge is 0.465 e. The summed E-state index contributed by atoms with van der Waals surface area (Å²) in [6.07, 6.45) is 0. The first kappa shape index (κ1) is 18.1. The maximum atomic E-state index is 12.5. The van der Waals surface area contributed by atoms with Crippen LogP contribution in [-0.4, -0.2) is 50.2 Å². The minimum atomic E-state index is -0.434. The number of nitrogens with zero attached hydrogens (tertiary/aromatic N) is 1. The van der Waals surface area contributed by atoms with Crippen molar-refractivity contribution in [1.29, 1.82) is 0 Å². The third-order valence-corrected chi connectivity index (χ3v) is 3.50. The Morgan fingerprint density at radius 3 is 2.33 bits per heavy atom. The molecule has 0 aromatic heterocycles. The lowest BCUT2D eigenvalue weighted by molar-refractivity contribution is -0.143. The summed E-state index contributed by atoms with van der Waals surface area (Å²) in [4.78, 5) is 25.5. The van der Waals surface area contributed by atoms with Gasteiger partial charge in [0.2, 0.25) is 0 Å². The molecule has 0 saturated carbocycles. The number of hydrogen-bond acceptors (Lipinski definition) is 4. The van der Waals surface area contributed by atoms with E-state index < -0.39 is 5.97 Å². The van der Waals surface area contributed by atoms with E-state index in [1.807, 2.05) is 6.07 Å². The lowest BCUT2D eigenvalue weighted by Crippen LogP contribution is -2.38. The van der Waals surface area contributed by atoms with Crippen LogP contribution in [0.1, 0.15) is 17.3 Å². The molecular weight excluding hydrogens is 406 g/mol. The van der Waals surface area contributed by atoms with Gasteiger partial charge in [0.05, 0.1) is 13.2 Å². The van der Waals surface area contributed by atoms with Gasteiger partial charge in [-0.25, -0.2) is 0 Å². The van der Waals surface area contributed by atoms with Crippen molar-refractivity contribution in [3.05, 3.63) is 32.7 Å². The van der Waals surface area contributed by atoms with Gasteiger partial charge in [-0.3, -0.25) is 9.59 Å². The van der Waals surface area contributed by atoms with Crippen LogP contribution in [0, 0.1) is 0 Å². The van der Waals surface area contributed by atoms with Gasteiger partial charge < -0.3 is 14.4 Å². The van der Waals surface area contributed by atoms with Crippen molar-refractivity contribution in [2.75, 3.05) is 33.4 Å². The second-order valence-electron chi connectivity index (χ2n) is 4.18. The maximum Gasteiger partial charge on any atom is 0.325 e. The average Bonchev–Trinajstić information content (AvgIpc) is 2.41. The quantitative estimate of drug-likeness (QED) is 0.634. The molecule has 1 aromatic rings. The molecule has 0 fully saturated rings. The molecule has 1 rings (SSSR count). The molecule has 0 saturated heterocycles. The molecule has 0 aliphatic carbocycles. The molecule has 0 atom stereocenters. The minimum Gasteiger partial charge on any atom is -0.465 e. The number of rotatable bonds is 7. The Kier molecular flexibility index (Phi) is 7.92. The SMILES string of the molecule is CCOC(=O)CN(CCOC)C(=O)c1cc(Br)cc(Br)c1. The molecule has 0 unspecified atom stereocenters. The molecule has 5 nitrogen and oxygen atoms in total. The Hall–Kier alpha value is -0.920. The van der Waals surface area contributed by atoms with Crippen LogP contribution in [0.3, 0.4) is 0 Å². The predicted octanol–water partition coefficient (Wildman–Crippen LogP) is 2.86. The van der Waals surface area contributed by atoms with Gasteiger partial charge in [-0.1, -0.05) is 31.9 Å². The van der Waals surface area contributed by atoms with Crippen LogP contribution in [0.5, 0.6) is 0 Å².